The summed E-state index contributed by atoms with van der Waals surface area (Å²) in [6.45, 7) is 0. The molecule has 0 spiro atoms. The molecule has 376 valence electrons. The van der Waals surface area contributed by atoms with Crippen molar-refractivity contribution in [3.63, 3.8) is 0 Å². The molecule has 4 heteroatoms. The Hall–Kier alpha value is -0.160. The van der Waals surface area contributed by atoms with E-state index >= 15 is 0 Å². The van der Waals surface area contributed by atoms with Crippen LogP contribution >= 0.6 is 0 Å². The van der Waals surface area contributed by atoms with Gasteiger partial charge in [0.05, 0.1) is 48.8 Å². The Kier molecular flexibility index (Phi) is 22.6. The molecular weight excluding hydrogens is 797 g/mol. The molecule has 0 bridgehead atoms. The number of epoxide rings is 4. The van der Waals surface area contributed by atoms with Crippen molar-refractivity contribution >= 4 is 0 Å². The average molecular weight is 906 g/mol. The molecule has 4 aliphatic heterocycles. The Morgan fingerprint density at radius 3 is 0.631 bits per heavy atom. The number of ether oxygens (including phenoxy) is 4. The summed E-state index contributed by atoms with van der Waals surface area (Å²) in [6.07, 6.45) is 75.5. The second-order valence-corrected chi connectivity index (χ2v) is 25.1. The summed E-state index contributed by atoms with van der Waals surface area (Å²) in [5.41, 5.74) is 0.628. The fraction of sp³-hybridized carbons (Fsp3) is 1.00. The highest BCUT2D eigenvalue weighted by Crippen LogP contribution is 2.45. The van der Waals surface area contributed by atoms with Crippen molar-refractivity contribution in [2.45, 2.75) is 357 Å². The van der Waals surface area contributed by atoms with Crippen molar-refractivity contribution in [3.05, 3.63) is 0 Å². The average Bonchev–Trinajstić information content (AvgIpc) is 4.11. The molecule has 0 amide bonds. The second kappa shape index (κ2) is 28.6. The van der Waals surface area contributed by atoms with Crippen LogP contribution in [0.4, 0.5) is 0 Å². The summed E-state index contributed by atoms with van der Waals surface area (Å²) in [5, 5.41) is 0. The van der Waals surface area contributed by atoms with Gasteiger partial charge < -0.3 is 18.9 Å². The van der Waals surface area contributed by atoms with E-state index in [1.807, 2.05) is 0 Å². The minimum atomic E-state index is 0.628. The Bertz CT molecular complexity index is 1060. The van der Waals surface area contributed by atoms with Gasteiger partial charge in [0.15, 0.2) is 0 Å². The molecule has 0 N–H and O–H groups in total. The van der Waals surface area contributed by atoms with Gasteiger partial charge in [-0.15, -0.1) is 0 Å². The highest BCUT2D eigenvalue weighted by molar-refractivity contribution is 4.94. The molecule has 8 rings (SSSR count). The fourth-order valence-corrected chi connectivity index (χ4v) is 15.0. The second-order valence-electron chi connectivity index (χ2n) is 25.1. The van der Waals surface area contributed by atoms with Gasteiger partial charge in [-0.1, -0.05) is 205 Å². The number of hydrogen-bond acceptors (Lipinski definition) is 4. The summed E-state index contributed by atoms with van der Waals surface area (Å²) in [7, 11) is 0. The van der Waals surface area contributed by atoms with Crippen LogP contribution in [0.15, 0.2) is 0 Å². The minimum absolute atomic E-state index is 0.628. The lowest BCUT2D eigenvalue weighted by atomic mass is 9.70. The lowest BCUT2D eigenvalue weighted by molar-refractivity contribution is 0.171. The van der Waals surface area contributed by atoms with Gasteiger partial charge in [-0.3, -0.25) is 0 Å². The number of rotatable bonds is 40. The third kappa shape index (κ3) is 19.5. The standard InChI is InChI=1S/C61H108O4/c1(5-13-21-29-49-33-37-53-57(45-49)62-53)9-17-25-41-61(42-26-18-10-2-6-14-22-30-50-34-38-54-58(46-50)63-54,43-27-19-11-3-7-15-23-31-51-35-39-55-59(47-51)64-55)44-28-20-12-4-8-16-24-32-52-36-40-56-60(48-52)65-56/h49-60H,1-48H2. The van der Waals surface area contributed by atoms with E-state index in [-0.39, 0.29) is 0 Å². The SMILES string of the molecule is C(CCCCC1CCC2OC2C1)CCCCC(CCCCCCCCCC1CCC2OC2C1)(CCCCCCCCCC1CCC2OC2C1)CCCCCCCCCC1CCC2OC2C1. The van der Waals surface area contributed by atoms with Crippen molar-refractivity contribution in [1.82, 2.24) is 0 Å². The third-order valence-electron chi connectivity index (χ3n) is 19.7. The molecule has 4 heterocycles. The van der Waals surface area contributed by atoms with E-state index in [1.54, 1.807) is 0 Å². The molecule has 4 aliphatic carbocycles. The largest absolute Gasteiger partial charge is 0.370 e. The minimum Gasteiger partial charge on any atom is -0.370 e. The normalized spacial score (nSPS) is 34.0. The van der Waals surface area contributed by atoms with Crippen LogP contribution in [-0.4, -0.2) is 48.8 Å². The molecule has 12 atom stereocenters. The van der Waals surface area contributed by atoms with Crippen LogP contribution in [0.5, 0.6) is 0 Å². The van der Waals surface area contributed by atoms with Crippen LogP contribution in [0.25, 0.3) is 0 Å². The van der Waals surface area contributed by atoms with Gasteiger partial charge in [0.1, 0.15) is 0 Å². The Balaban J connectivity index is 0.719. The van der Waals surface area contributed by atoms with E-state index < -0.39 is 0 Å². The van der Waals surface area contributed by atoms with Crippen LogP contribution in [0.2, 0.25) is 0 Å². The Labute approximate surface area is 403 Å². The first-order valence-electron chi connectivity index (χ1n) is 30.8. The zero-order valence-corrected chi connectivity index (χ0v) is 43.0. The molecule has 0 aromatic carbocycles. The third-order valence-corrected chi connectivity index (χ3v) is 19.7. The van der Waals surface area contributed by atoms with E-state index in [9.17, 15) is 0 Å². The maximum atomic E-state index is 5.81. The summed E-state index contributed by atoms with van der Waals surface area (Å²) >= 11 is 0. The van der Waals surface area contributed by atoms with Gasteiger partial charge in [0.25, 0.3) is 0 Å². The number of hydrogen-bond donors (Lipinski definition) is 0. The Morgan fingerprint density at radius 1 is 0.215 bits per heavy atom. The number of unbranched alkanes of at least 4 members (excludes halogenated alkanes) is 24. The summed E-state index contributed by atoms with van der Waals surface area (Å²) in [6, 6.07) is 0. The van der Waals surface area contributed by atoms with Gasteiger partial charge in [-0.05, 0) is 132 Å². The Morgan fingerprint density at radius 2 is 0.415 bits per heavy atom. The predicted octanol–water partition coefficient (Wildman–Crippen LogP) is 18.3. The van der Waals surface area contributed by atoms with E-state index in [0.717, 1.165) is 23.7 Å². The molecule has 4 saturated carbocycles. The zero-order valence-electron chi connectivity index (χ0n) is 43.0. The zero-order chi connectivity index (χ0) is 44.2. The first-order valence-corrected chi connectivity index (χ1v) is 30.8. The van der Waals surface area contributed by atoms with Gasteiger partial charge in [-0.25, -0.2) is 0 Å². The van der Waals surface area contributed by atoms with Crippen molar-refractivity contribution < 1.29 is 18.9 Å². The lowest BCUT2D eigenvalue weighted by Gasteiger charge is -2.35. The molecule has 8 aliphatic rings. The molecule has 0 aromatic heterocycles. The number of fused-ring (bicyclic) bond motifs is 4. The predicted molar refractivity (Wildman–Crippen MR) is 273 cm³/mol. The van der Waals surface area contributed by atoms with E-state index in [0.29, 0.717) is 54.2 Å². The molecule has 4 saturated heterocycles. The molecular formula is C61H108O4. The fourth-order valence-electron chi connectivity index (χ4n) is 15.0. The van der Waals surface area contributed by atoms with Crippen molar-refractivity contribution in [2.75, 3.05) is 0 Å². The van der Waals surface area contributed by atoms with Crippen molar-refractivity contribution in [1.29, 1.82) is 0 Å². The van der Waals surface area contributed by atoms with E-state index in [4.69, 9.17) is 18.9 Å². The maximum absolute atomic E-state index is 5.81. The van der Waals surface area contributed by atoms with Crippen LogP contribution in [0.1, 0.15) is 308 Å². The quantitative estimate of drug-likeness (QED) is 0.0454. The van der Waals surface area contributed by atoms with Crippen LogP contribution < -0.4 is 0 Å². The molecule has 0 radical (unpaired) electrons. The summed E-state index contributed by atoms with van der Waals surface area (Å²) < 4.78 is 23.2. The van der Waals surface area contributed by atoms with Crippen LogP contribution in [-0.2, 0) is 18.9 Å². The van der Waals surface area contributed by atoms with Crippen LogP contribution in [0.3, 0.4) is 0 Å². The molecule has 0 aromatic rings. The van der Waals surface area contributed by atoms with Gasteiger partial charge >= 0.3 is 0 Å². The van der Waals surface area contributed by atoms with E-state index in [2.05, 4.69) is 0 Å². The summed E-state index contributed by atoms with van der Waals surface area (Å²) in [4.78, 5) is 0. The smallest absolute Gasteiger partial charge is 0.0844 e. The molecule has 65 heavy (non-hydrogen) atoms. The highest BCUT2D eigenvalue weighted by atomic mass is 16.6. The van der Waals surface area contributed by atoms with E-state index in [1.165, 1.54) is 308 Å². The highest BCUT2D eigenvalue weighted by Gasteiger charge is 2.46. The monoisotopic (exact) mass is 905 g/mol. The molecule has 8 fully saturated rings. The summed E-state index contributed by atoms with van der Waals surface area (Å²) in [5.74, 6) is 3.89. The van der Waals surface area contributed by atoms with Gasteiger partial charge in [-0.2, -0.15) is 0 Å². The van der Waals surface area contributed by atoms with Crippen molar-refractivity contribution in [2.24, 2.45) is 29.1 Å². The van der Waals surface area contributed by atoms with Crippen molar-refractivity contribution in [3.8, 4) is 0 Å². The van der Waals surface area contributed by atoms with Gasteiger partial charge in [0.2, 0.25) is 0 Å². The first kappa shape index (κ1) is 51.2. The molecule has 12 unspecified atom stereocenters. The maximum Gasteiger partial charge on any atom is 0.0844 e. The molecule has 4 nitrogen and oxygen atoms in total. The lowest BCUT2D eigenvalue weighted by Crippen LogP contribution is -2.21. The van der Waals surface area contributed by atoms with Crippen LogP contribution in [0, 0.1) is 29.1 Å². The topological polar surface area (TPSA) is 50.1 Å². The first-order chi connectivity index (χ1) is 32.2. The van der Waals surface area contributed by atoms with Gasteiger partial charge in [0, 0.05) is 0 Å².